The summed E-state index contributed by atoms with van der Waals surface area (Å²) >= 11 is 0. The van der Waals surface area contributed by atoms with Crippen LogP contribution in [0.3, 0.4) is 0 Å². The van der Waals surface area contributed by atoms with E-state index in [4.69, 9.17) is 14.7 Å². The van der Waals surface area contributed by atoms with E-state index < -0.39 is 15.8 Å². The van der Waals surface area contributed by atoms with Gasteiger partial charge in [-0.15, -0.1) is 0 Å². The Hall–Kier alpha value is -3.01. The Morgan fingerprint density at radius 1 is 1.02 bits per heavy atom. The minimum Gasteiger partial charge on any atom is -0.379 e. The molecule has 2 bridgehead atoms. The number of pyridine rings is 3. The van der Waals surface area contributed by atoms with Crippen molar-refractivity contribution in [3.63, 3.8) is 0 Å². The summed E-state index contributed by atoms with van der Waals surface area (Å²) in [4.78, 5) is 16.1. The Kier molecular flexibility index (Phi) is 8.37. The Morgan fingerprint density at radius 3 is 2.55 bits per heavy atom. The highest BCUT2D eigenvalue weighted by atomic mass is 32.2. The molecule has 0 aliphatic carbocycles. The largest absolute Gasteiger partial charge is 0.379 e. The van der Waals surface area contributed by atoms with Gasteiger partial charge in [-0.1, -0.05) is 6.42 Å². The predicted molar refractivity (Wildman–Crippen MR) is 165 cm³/mol. The minimum atomic E-state index is -3.87. The molecule has 4 aliphatic heterocycles. The number of anilines is 2. The summed E-state index contributed by atoms with van der Waals surface area (Å²) in [6, 6.07) is 7.21. The molecule has 12 nitrogen and oxygen atoms in total. The van der Waals surface area contributed by atoms with Crippen LogP contribution in [0.5, 0.6) is 0 Å². The predicted octanol–water partition coefficient (Wildman–Crippen LogP) is 2.81. The fourth-order valence-electron chi connectivity index (χ4n) is 7.12. The van der Waals surface area contributed by atoms with Crippen molar-refractivity contribution >= 4 is 32.6 Å². The van der Waals surface area contributed by atoms with Crippen molar-refractivity contribution in [1.29, 1.82) is 0 Å². The van der Waals surface area contributed by atoms with Crippen molar-refractivity contribution in [3.05, 3.63) is 48.2 Å². The second kappa shape index (κ2) is 12.4. The molecular formula is C30H40FN9O3S. The second-order valence-corrected chi connectivity index (χ2v) is 14.3. The van der Waals surface area contributed by atoms with E-state index >= 15 is 0 Å². The first-order valence-electron chi connectivity index (χ1n) is 15.6. The zero-order valence-corrected chi connectivity index (χ0v) is 25.7. The molecule has 44 heavy (non-hydrogen) atoms. The lowest BCUT2D eigenvalue weighted by Crippen LogP contribution is -2.56. The van der Waals surface area contributed by atoms with Crippen LogP contribution < -0.4 is 21.5 Å². The van der Waals surface area contributed by atoms with Crippen LogP contribution >= 0.6 is 0 Å². The van der Waals surface area contributed by atoms with Crippen LogP contribution in [0.4, 0.5) is 16.0 Å². The molecule has 4 N–H and O–H groups in total. The van der Waals surface area contributed by atoms with Gasteiger partial charge in [0, 0.05) is 61.5 Å². The fraction of sp³-hybridized carbons (Fsp3) is 0.567. The maximum atomic E-state index is 13.9. The van der Waals surface area contributed by atoms with Crippen molar-refractivity contribution in [2.75, 3.05) is 36.9 Å². The average Bonchev–Trinajstić information content (AvgIpc) is 3.41. The highest BCUT2D eigenvalue weighted by Gasteiger charge is 2.45. The van der Waals surface area contributed by atoms with E-state index in [-0.39, 0.29) is 29.2 Å². The number of nitrogens with one attached hydrogen (secondary N) is 4. The van der Waals surface area contributed by atoms with Gasteiger partial charge in [0.15, 0.2) is 0 Å². The molecule has 236 valence electrons. The van der Waals surface area contributed by atoms with Crippen molar-refractivity contribution < 1.29 is 17.5 Å². The molecule has 0 amide bonds. The van der Waals surface area contributed by atoms with Crippen molar-refractivity contribution in [2.45, 2.75) is 87.2 Å². The van der Waals surface area contributed by atoms with Crippen LogP contribution in [0.1, 0.15) is 51.1 Å². The third-order valence-corrected chi connectivity index (χ3v) is 11.1. The van der Waals surface area contributed by atoms with E-state index in [1.807, 2.05) is 6.07 Å². The van der Waals surface area contributed by atoms with Gasteiger partial charge in [0.25, 0.3) is 0 Å². The zero-order valence-electron chi connectivity index (χ0n) is 24.9. The van der Waals surface area contributed by atoms with Gasteiger partial charge >= 0.3 is 0 Å². The number of halogens is 1. The van der Waals surface area contributed by atoms with Gasteiger partial charge in [-0.2, -0.15) is 4.31 Å². The van der Waals surface area contributed by atoms with Crippen molar-refractivity contribution in [1.82, 2.24) is 35.0 Å². The first-order chi connectivity index (χ1) is 21.3. The Morgan fingerprint density at radius 2 is 1.82 bits per heavy atom. The number of hydrogen-bond acceptors (Lipinski definition) is 11. The van der Waals surface area contributed by atoms with E-state index in [2.05, 4.69) is 50.4 Å². The van der Waals surface area contributed by atoms with Crippen LogP contribution in [-0.4, -0.2) is 89.2 Å². The van der Waals surface area contributed by atoms with E-state index in [9.17, 15) is 12.8 Å². The Balaban J connectivity index is 1.15. The minimum absolute atomic E-state index is 0.0210. The van der Waals surface area contributed by atoms with Crippen molar-refractivity contribution in [2.24, 2.45) is 0 Å². The van der Waals surface area contributed by atoms with E-state index in [0.717, 1.165) is 99.0 Å². The SMILES string of the molecule is CC1CC(Nc2cc3nc(CN4CCOCC4)ccc3c(NC3C[C@H]4CCC[C@@H](C3)N4S(=O)(=O)c3cncc(F)c3)n2)NN1. The number of hydrazine groups is 1. The average molecular weight is 626 g/mol. The number of piperidine rings is 2. The third kappa shape index (κ3) is 6.24. The third-order valence-electron chi connectivity index (χ3n) is 9.15. The van der Waals surface area contributed by atoms with E-state index in [1.165, 1.54) is 6.20 Å². The summed E-state index contributed by atoms with van der Waals surface area (Å²) in [5.74, 6) is 0.811. The van der Waals surface area contributed by atoms with Crippen LogP contribution in [0.15, 0.2) is 41.6 Å². The maximum Gasteiger partial charge on any atom is 0.245 e. The van der Waals surface area contributed by atoms with Gasteiger partial charge in [-0.05, 0) is 57.2 Å². The Labute approximate surface area is 257 Å². The molecule has 5 atom stereocenters. The fourth-order valence-corrected chi connectivity index (χ4v) is 8.98. The zero-order chi connectivity index (χ0) is 30.3. The highest BCUT2D eigenvalue weighted by molar-refractivity contribution is 7.89. The van der Waals surface area contributed by atoms with Gasteiger partial charge in [-0.25, -0.2) is 23.2 Å². The number of morpholine rings is 1. The first kappa shape index (κ1) is 29.7. The summed E-state index contributed by atoms with van der Waals surface area (Å²) in [7, 11) is -3.87. The molecule has 4 saturated heterocycles. The van der Waals surface area contributed by atoms with Gasteiger partial charge in [-0.3, -0.25) is 20.3 Å². The number of nitrogens with zero attached hydrogens (tertiary/aromatic N) is 5. The number of sulfonamides is 1. The standard InChI is InChI=1S/C30H40FN9O3S/c1-19-11-29(38-37-19)35-28-15-27-26(6-5-21(33-27)18-39-7-9-43-10-8-39)30(36-28)34-22-13-23-3-2-4-24(14-22)40(23)44(41,42)25-12-20(31)16-32-17-25/h5-6,12,15-17,19,22-24,29,37-38H,2-4,7-11,13-14,18H2,1H3,(H2,34,35,36)/t19?,22?,23-,24+,29?. The molecule has 0 spiro atoms. The lowest BCUT2D eigenvalue weighted by Gasteiger charge is -2.47. The summed E-state index contributed by atoms with van der Waals surface area (Å²) in [6.45, 7) is 6.14. The van der Waals surface area contributed by atoms with Crippen molar-refractivity contribution in [3.8, 4) is 0 Å². The molecule has 4 fully saturated rings. The molecule has 14 heteroatoms. The van der Waals surface area contributed by atoms with Crippen LogP contribution in [0.25, 0.3) is 10.9 Å². The molecule has 3 unspecified atom stereocenters. The normalized spacial score (nSPS) is 28.3. The lowest BCUT2D eigenvalue weighted by molar-refractivity contribution is 0.0337. The molecule has 0 aromatic carbocycles. The Bertz CT molecular complexity index is 1590. The number of rotatable bonds is 8. The highest BCUT2D eigenvalue weighted by Crippen LogP contribution is 2.39. The molecule has 0 radical (unpaired) electrons. The number of aromatic nitrogens is 3. The van der Waals surface area contributed by atoms with Crippen LogP contribution in [0, 0.1) is 5.82 Å². The summed E-state index contributed by atoms with van der Waals surface area (Å²) in [5, 5.41) is 8.14. The second-order valence-electron chi connectivity index (χ2n) is 12.5. The maximum absolute atomic E-state index is 13.9. The molecule has 0 saturated carbocycles. The summed E-state index contributed by atoms with van der Waals surface area (Å²) in [6.07, 6.45) is 6.95. The lowest BCUT2D eigenvalue weighted by atomic mass is 9.84. The topological polar surface area (TPSA) is 137 Å². The number of fused-ring (bicyclic) bond motifs is 3. The van der Waals surface area contributed by atoms with E-state index in [0.29, 0.717) is 18.9 Å². The molecule has 3 aromatic rings. The van der Waals surface area contributed by atoms with Gasteiger partial charge in [0.05, 0.1) is 36.8 Å². The summed E-state index contributed by atoms with van der Waals surface area (Å²) in [5.41, 5.74) is 8.38. The smallest absolute Gasteiger partial charge is 0.245 e. The number of hydrogen-bond donors (Lipinski definition) is 4. The van der Waals surface area contributed by atoms with Gasteiger partial charge in [0.1, 0.15) is 22.3 Å². The van der Waals surface area contributed by atoms with Gasteiger partial charge < -0.3 is 15.4 Å². The van der Waals surface area contributed by atoms with Gasteiger partial charge in [0.2, 0.25) is 10.0 Å². The van der Waals surface area contributed by atoms with Crippen LogP contribution in [0.2, 0.25) is 0 Å². The number of ether oxygens (including phenoxy) is 1. The molecule has 3 aromatic heterocycles. The van der Waals surface area contributed by atoms with E-state index in [1.54, 1.807) is 4.31 Å². The van der Waals surface area contributed by atoms with Crippen LogP contribution in [-0.2, 0) is 21.3 Å². The quantitative estimate of drug-likeness (QED) is 0.294. The monoisotopic (exact) mass is 625 g/mol. The molecule has 7 heterocycles. The molecular weight excluding hydrogens is 585 g/mol. The molecule has 7 rings (SSSR count). The molecule has 4 aliphatic rings. The first-order valence-corrected chi connectivity index (χ1v) is 17.0. The summed E-state index contributed by atoms with van der Waals surface area (Å²) < 4.78 is 48.3.